The number of hydrogen-bond acceptors (Lipinski definition) is 3. The van der Waals surface area contributed by atoms with Gasteiger partial charge in [-0.25, -0.2) is 0 Å². The van der Waals surface area contributed by atoms with Gasteiger partial charge in [-0.2, -0.15) is 0 Å². The number of aromatic nitrogens is 1. The molecule has 0 unspecified atom stereocenters. The van der Waals surface area contributed by atoms with Crippen molar-refractivity contribution in [3.05, 3.63) is 40.6 Å². The van der Waals surface area contributed by atoms with Gasteiger partial charge >= 0.3 is 0 Å². The summed E-state index contributed by atoms with van der Waals surface area (Å²) in [6.07, 6.45) is 2.20. The van der Waals surface area contributed by atoms with Gasteiger partial charge in [0.15, 0.2) is 5.78 Å². The third-order valence-corrected chi connectivity index (χ3v) is 3.18. The number of nitrogens with zero attached hydrogens (tertiary/aromatic N) is 1. The number of aryl methyl sites for hydroxylation is 1. The zero-order valence-corrected chi connectivity index (χ0v) is 9.83. The number of carbonyl (C=O) groups excluding carboxylic acids is 1. The molecule has 0 aliphatic heterocycles. The van der Waals surface area contributed by atoms with Crippen molar-refractivity contribution in [2.75, 3.05) is 0 Å². The lowest BCUT2D eigenvalue weighted by atomic mass is 9.93. The highest BCUT2D eigenvalue weighted by Crippen LogP contribution is 2.31. The molecule has 0 bridgehead atoms. The molecule has 3 nitrogen and oxygen atoms in total. The van der Waals surface area contributed by atoms with Gasteiger partial charge in [-0.15, -0.1) is 0 Å². The first-order valence-electron chi connectivity index (χ1n) is 5.53. The molecular formula is C13H10ClNO2. The van der Waals surface area contributed by atoms with Gasteiger partial charge in [-0.1, -0.05) is 28.9 Å². The van der Waals surface area contributed by atoms with Crippen LogP contribution in [-0.2, 0) is 6.42 Å². The normalized spacial score (nSPS) is 14.8. The van der Waals surface area contributed by atoms with Crippen LogP contribution in [0.5, 0.6) is 0 Å². The Morgan fingerprint density at radius 2 is 2.18 bits per heavy atom. The molecule has 0 N–H and O–H groups in total. The second kappa shape index (κ2) is 4.00. The molecule has 0 fully saturated rings. The first kappa shape index (κ1) is 10.5. The van der Waals surface area contributed by atoms with Crippen LogP contribution in [0.15, 0.2) is 28.8 Å². The van der Waals surface area contributed by atoms with Crippen LogP contribution in [0.4, 0.5) is 0 Å². The number of Topliss-reactive ketones (excluding diaryl/α,β-unsaturated/α-hetero) is 1. The maximum absolute atomic E-state index is 11.9. The molecule has 0 amide bonds. The van der Waals surface area contributed by atoms with Crippen molar-refractivity contribution in [3.8, 4) is 11.3 Å². The summed E-state index contributed by atoms with van der Waals surface area (Å²) >= 11 is 5.94. The van der Waals surface area contributed by atoms with E-state index in [1.807, 2.05) is 12.1 Å². The molecule has 0 radical (unpaired) electrons. The standard InChI is InChI=1S/C13H10ClNO2/c14-9-4-1-3-8(7-9)13-12-10(16)5-2-6-11(12)17-15-13/h1,3-4,7H,2,5-6H2. The highest BCUT2D eigenvalue weighted by Gasteiger charge is 2.26. The third kappa shape index (κ3) is 1.76. The molecule has 1 aromatic carbocycles. The van der Waals surface area contributed by atoms with Crippen molar-refractivity contribution in [1.29, 1.82) is 0 Å². The fraction of sp³-hybridized carbons (Fsp3) is 0.231. The van der Waals surface area contributed by atoms with Gasteiger partial charge in [0, 0.05) is 23.4 Å². The first-order valence-corrected chi connectivity index (χ1v) is 5.91. The van der Waals surface area contributed by atoms with Crippen LogP contribution >= 0.6 is 11.6 Å². The minimum atomic E-state index is 0.113. The van der Waals surface area contributed by atoms with E-state index in [0.29, 0.717) is 28.5 Å². The highest BCUT2D eigenvalue weighted by atomic mass is 35.5. The van der Waals surface area contributed by atoms with Crippen LogP contribution < -0.4 is 0 Å². The Morgan fingerprint density at radius 1 is 1.29 bits per heavy atom. The van der Waals surface area contributed by atoms with Crippen LogP contribution in [0.2, 0.25) is 5.02 Å². The summed E-state index contributed by atoms with van der Waals surface area (Å²) in [7, 11) is 0. The second-order valence-electron chi connectivity index (χ2n) is 4.12. The van der Waals surface area contributed by atoms with E-state index >= 15 is 0 Å². The zero-order valence-electron chi connectivity index (χ0n) is 9.07. The maximum Gasteiger partial charge on any atom is 0.168 e. The Bertz CT molecular complexity index is 589. The quantitative estimate of drug-likeness (QED) is 0.774. The lowest BCUT2D eigenvalue weighted by Crippen LogP contribution is -2.09. The summed E-state index contributed by atoms with van der Waals surface area (Å²) in [5.41, 5.74) is 2.09. The number of benzene rings is 1. The summed E-state index contributed by atoms with van der Waals surface area (Å²) in [5.74, 6) is 0.818. The second-order valence-corrected chi connectivity index (χ2v) is 4.55. The van der Waals surface area contributed by atoms with Gasteiger partial charge in [-0.3, -0.25) is 4.79 Å². The Hall–Kier alpha value is -1.61. The largest absolute Gasteiger partial charge is 0.360 e. The Balaban J connectivity index is 2.16. The van der Waals surface area contributed by atoms with Crippen LogP contribution in [-0.4, -0.2) is 10.9 Å². The van der Waals surface area contributed by atoms with E-state index in [4.69, 9.17) is 16.1 Å². The maximum atomic E-state index is 11.9. The summed E-state index contributed by atoms with van der Waals surface area (Å²) in [5, 5.41) is 4.63. The molecular weight excluding hydrogens is 238 g/mol. The van der Waals surface area contributed by atoms with E-state index in [2.05, 4.69) is 5.16 Å². The molecule has 0 spiro atoms. The van der Waals surface area contributed by atoms with Crippen LogP contribution in [0.25, 0.3) is 11.3 Å². The Morgan fingerprint density at radius 3 is 3.00 bits per heavy atom. The van der Waals surface area contributed by atoms with Crippen molar-refractivity contribution in [2.45, 2.75) is 19.3 Å². The molecule has 3 rings (SSSR count). The number of fused-ring (bicyclic) bond motifs is 1. The predicted octanol–water partition coefficient (Wildman–Crippen LogP) is 3.51. The molecule has 17 heavy (non-hydrogen) atoms. The van der Waals surface area contributed by atoms with E-state index in [9.17, 15) is 4.79 Å². The summed E-state index contributed by atoms with van der Waals surface area (Å²) in [4.78, 5) is 11.9. The highest BCUT2D eigenvalue weighted by molar-refractivity contribution is 6.30. The molecule has 1 aliphatic rings. The van der Waals surface area contributed by atoms with Gasteiger partial charge in [0.05, 0.1) is 5.56 Å². The summed E-state index contributed by atoms with van der Waals surface area (Å²) < 4.78 is 5.24. The SMILES string of the molecule is O=C1CCCc2onc(-c3cccc(Cl)c3)c21. The number of ketones is 1. The molecule has 2 aromatic rings. The minimum absolute atomic E-state index is 0.113. The van der Waals surface area contributed by atoms with Crippen molar-refractivity contribution < 1.29 is 9.32 Å². The monoisotopic (exact) mass is 247 g/mol. The molecule has 4 heteroatoms. The van der Waals surface area contributed by atoms with Crippen molar-refractivity contribution in [3.63, 3.8) is 0 Å². The smallest absolute Gasteiger partial charge is 0.168 e. The van der Waals surface area contributed by atoms with Crippen LogP contribution in [0, 0.1) is 0 Å². The van der Waals surface area contributed by atoms with Gasteiger partial charge < -0.3 is 4.52 Å². The van der Waals surface area contributed by atoms with Gasteiger partial charge in [0.1, 0.15) is 11.5 Å². The van der Waals surface area contributed by atoms with E-state index in [-0.39, 0.29) is 5.78 Å². The van der Waals surface area contributed by atoms with Crippen LogP contribution in [0.3, 0.4) is 0 Å². The van der Waals surface area contributed by atoms with E-state index in [0.717, 1.165) is 18.4 Å². The third-order valence-electron chi connectivity index (χ3n) is 2.95. The molecule has 1 aliphatic carbocycles. The lowest BCUT2D eigenvalue weighted by molar-refractivity contribution is 0.0969. The molecule has 1 heterocycles. The Kier molecular flexibility index (Phi) is 2.48. The average Bonchev–Trinajstić information content (AvgIpc) is 2.74. The molecule has 0 atom stereocenters. The number of carbonyl (C=O) groups is 1. The van der Waals surface area contributed by atoms with Crippen LogP contribution in [0.1, 0.15) is 29.0 Å². The Labute approximate surface area is 103 Å². The van der Waals surface area contributed by atoms with Crippen molar-refractivity contribution in [2.24, 2.45) is 0 Å². The minimum Gasteiger partial charge on any atom is -0.360 e. The first-order chi connectivity index (χ1) is 8.25. The fourth-order valence-corrected chi connectivity index (χ4v) is 2.34. The fourth-order valence-electron chi connectivity index (χ4n) is 2.15. The number of halogens is 1. The van der Waals surface area contributed by atoms with Crippen molar-refractivity contribution in [1.82, 2.24) is 5.16 Å². The lowest BCUT2D eigenvalue weighted by Gasteiger charge is -2.08. The number of rotatable bonds is 1. The zero-order chi connectivity index (χ0) is 11.8. The van der Waals surface area contributed by atoms with E-state index < -0.39 is 0 Å². The summed E-state index contributed by atoms with van der Waals surface area (Å²) in [6, 6.07) is 7.30. The average molecular weight is 248 g/mol. The number of hydrogen-bond donors (Lipinski definition) is 0. The van der Waals surface area contributed by atoms with Gasteiger partial charge in [0.2, 0.25) is 0 Å². The van der Waals surface area contributed by atoms with E-state index in [1.165, 1.54) is 0 Å². The van der Waals surface area contributed by atoms with Gasteiger partial charge in [0.25, 0.3) is 0 Å². The summed E-state index contributed by atoms with van der Waals surface area (Å²) in [6.45, 7) is 0. The van der Waals surface area contributed by atoms with Crippen molar-refractivity contribution >= 4 is 17.4 Å². The predicted molar refractivity (Wildman–Crippen MR) is 64.2 cm³/mol. The topological polar surface area (TPSA) is 43.1 Å². The van der Waals surface area contributed by atoms with Gasteiger partial charge in [-0.05, 0) is 18.6 Å². The van der Waals surface area contributed by atoms with E-state index in [1.54, 1.807) is 12.1 Å². The molecule has 0 saturated heterocycles. The molecule has 1 aromatic heterocycles. The molecule has 86 valence electrons. The molecule has 0 saturated carbocycles.